The molecule has 0 saturated heterocycles. The second-order valence-electron chi connectivity index (χ2n) is 3.15. The van der Waals surface area contributed by atoms with Crippen LogP contribution in [0.2, 0.25) is 0 Å². The van der Waals surface area contributed by atoms with Crippen LogP contribution in [0.1, 0.15) is 26.2 Å². The van der Waals surface area contributed by atoms with Crippen molar-refractivity contribution in [3.05, 3.63) is 30.4 Å². The van der Waals surface area contributed by atoms with Gasteiger partial charge in [-0.2, -0.15) is 0 Å². The molecule has 16 heavy (non-hydrogen) atoms. The van der Waals surface area contributed by atoms with Crippen LogP contribution in [0, 0.1) is 0 Å². The van der Waals surface area contributed by atoms with Crippen LogP contribution in [0.15, 0.2) is 28.9 Å². The molecule has 86 valence electrons. The maximum Gasteiger partial charge on any atom is 0.247 e. The Bertz CT molecular complexity index is 399. The monoisotopic (exact) mass is 220 g/mol. The fourth-order valence-corrected chi connectivity index (χ4v) is 0.947. The molecule has 0 aliphatic carbocycles. The van der Waals surface area contributed by atoms with Gasteiger partial charge >= 0.3 is 0 Å². The first-order chi connectivity index (χ1) is 7.81. The normalized spacial score (nSPS) is 9.44. The molecule has 2 aromatic rings. The Balaban J connectivity index is 0.000000386. The first kappa shape index (κ1) is 12.3. The summed E-state index contributed by atoms with van der Waals surface area (Å²) in [5, 5.41) is 7.58. The van der Waals surface area contributed by atoms with E-state index in [-0.39, 0.29) is 6.54 Å². The summed E-state index contributed by atoms with van der Waals surface area (Å²) >= 11 is 0. The van der Waals surface area contributed by atoms with E-state index in [4.69, 9.17) is 10.2 Å². The predicted octanol–water partition coefficient (Wildman–Crippen LogP) is 2.01. The minimum absolute atomic E-state index is 0.262. The summed E-state index contributed by atoms with van der Waals surface area (Å²) in [6.45, 7) is 4.51. The van der Waals surface area contributed by atoms with Crippen LogP contribution in [-0.2, 0) is 6.54 Å². The third-order valence-corrected chi connectivity index (χ3v) is 1.57. The molecule has 0 radical (unpaired) electrons. The highest BCUT2D eigenvalue weighted by Gasteiger charge is 2.05. The molecule has 0 fully saturated rings. The Morgan fingerprint density at radius 1 is 1.19 bits per heavy atom. The lowest BCUT2D eigenvalue weighted by Crippen LogP contribution is -1.95. The second kappa shape index (κ2) is 6.68. The Morgan fingerprint density at radius 3 is 2.31 bits per heavy atom. The highest BCUT2D eigenvalue weighted by Crippen LogP contribution is 2.15. The van der Waals surface area contributed by atoms with Gasteiger partial charge in [0.25, 0.3) is 0 Å². The topological polar surface area (TPSA) is 77.8 Å². The average molecular weight is 220 g/mol. The Hall–Kier alpha value is -1.75. The van der Waals surface area contributed by atoms with Gasteiger partial charge in [0.1, 0.15) is 0 Å². The summed E-state index contributed by atoms with van der Waals surface area (Å²) in [6.07, 6.45) is 4.59. The SMILES string of the molecule is CCC.NCc1nnc(-c2ccncc2)o1. The smallest absolute Gasteiger partial charge is 0.247 e. The lowest BCUT2D eigenvalue weighted by atomic mass is 10.3. The summed E-state index contributed by atoms with van der Waals surface area (Å²) in [5.74, 6) is 0.912. The Morgan fingerprint density at radius 2 is 1.81 bits per heavy atom. The van der Waals surface area contributed by atoms with Gasteiger partial charge < -0.3 is 10.2 Å². The van der Waals surface area contributed by atoms with E-state index in [1.54, 1.807) is 24.5 Å². The van der Waals surface area contributed by atoms with E-state index in [2.05, 4.69) is 29.0 Å². The van der Waals surface area contributed by atoms with Gasteiger partial charge in [0, 0.05) is 18.0 Å². The van der Waals surface area contributed by atoms with Crippen LogP contribution in [-0.4, -0.2) is 15.2 Å². The molecule has 2 heterocycles. The van der Waals surface area contributed by atoms with Crippen molar-refractivity contribution in [2.24, 2.45) is 5.73 Å². The number of nitrogens with zero attached hydrogens (tertiary/aromatic N) is 3. The number of pyridine rings is 1. The van der Waals surface area contributed by atoms with Crippen LogP contribution in [0.3, 0.4) is 0 Å². The van der Waals surface area contributed by atoms with E-state index >= 15 is 0 Å². The average Bonchev–Trinajstić information content (AvgIpc) is 2.80. The molecule has 0 bridgehead atoms. The van der Waals surface area contributed by atoms with Crippen LogP contribution in [0.4, 0.5) is 0 Å². The molecular weight excluding hydrogens is 204 g/mol. The highest BCUT2D eigenvalue weighted by molar-refractivity contribution is 5.50. The van der Waals surface area contributed by atoms with Gasteiger partial charge in [-0.15, -0.1) is 10.2 Å². The minimum Gasteiger partial charge on any atom is -0.419 e. The largest absolute Gasteiger partial charge is 0.419 e. The zero-order valence-electron chi connectivity index (χ0n) is 9.55. The molecule has 2 aromatic heterocycles. The van der Waals surface area contributed by atoms with Crippen molar-refractivity contribution in [2.45, 2.75) is 26.8 Å². The minimum atomic E-state index is 0.262. The molecule has 5 nitrogen and oxygen atoms in total. The van der Waals surface area contributed by atoms with Crippen LogP contribution < -0.4 is 5.73 Å². The molecule has 0 saturated carbocycles. The Labute approximate surface area is 94.7 Å². The summed E-state index contributed by atoms with van der Waals surface area (Å²) < 4.78 is 5.24. The molecule has 5 heteroatoms. The van der Waals surface area contributed by atoms with E-state index < -0.39 is 0 Å². The van der Waals surface area contributed by atoms with Crippen LogP contribution in [0.5, 0.6) is 0 Å². The molecule has 0 aliphatic heterocycles. The van der Waals surface area contributed by atoms with Crippen molar-refractivity contribution in [1.82, 2.24) is 15.2 Å². The van der Waals surface area contributed by atoms with Crippen molar-refractivity contribution in [3.63, 3.8) is 0 Å². The molecule has 0 aliphatic rings. The first-order valence-corrected chi connectivity index (χ1v) is 5.24. The summed E-state index contributed by atoms with van der Waals surface area (Å²) in [5.41, 5.74) is 6.18. The third-order valence-electron chi connectivity index (χ3n) is 1.57. The molecule has 0 unspecified atom stereocenters. The van der Waals surface area contributed by atoms with E-state index in [1.807, 2.05) is 0 Å². The van der Waals surface area contributed by atoms with E-state index in [1.165, 1.54) is 6.42 Å². The zero-order valence-corrected chi connectivity index (χ0v) is 9.55. The summed E-state index contributed by atoms with van der Waals surface area (Å²) in [7, 11) is 0. The van der Waals surface area contributed by atoms with Crippen molar-refractivity contribution >= 4 is 0 Å². The molecule has 0 atom stereocenters. The molecule has 0 aromatic carbocycles. The van der Waals surface area contributed by atoms with E-state index in [0.29, 0.717) is 11.8 Å². The fraction of sp³-hybridized carbons (Fsp3) is 0.364. The van der Waals surface area contributed by atoms with Crippen molar-refractivity contribution in [2.75, 3.05) is 0 Å². The van der Waals surface area contributed by atoms with Gasteiger partial charge in [0.05, 0.1) is 6.54 Å². The van der Waals surface area contributed by atoms with Crippen LogP contribution >= 0.6 is 0 Å². The number of nitrogens with two attached hydrogens (primary N) is 1. The molecule has 0 amide bonds. The zero-order chi connectivity index (χ0) is 11.8. The fourth-order valence-electron chi connectivity index (χ4n) is 0.947. The van der Waals surface area contributed by atoms with Gasteiger partial charge in [0.2, 0.25) is 11.8 Å². The lowest BCUT2D eigenvalue weighted by Gasteiger charge is -1.90. The molecule has 0 spiro atoms. The van der Waals surface area contributed by atoms with E-state index in [9.17, 15) is 0 Å². The maximum atomic E-state index is 5.33. The predicted molar refractivity (Wildman–Crippen MR) is 61.4 cm³/mol. The standard InChI is InChI=1S/C8H8N4O.C3H8/c9-5-7-11-12-8(13-7)6-1-3-10-4-2-6;1-3-2/h1-4H,5,9H2;3H2,1-2H3. The first-order valence-electron chi connectivity index (χ1n) is 5.24. The number of hydrogen-bond acceptors (Lipinski definition) is 5. The van der Waals surface area contributed by atoms with Gasteiger partial charge in [-0.3, -0.25) is 4.98 Å². The van der Waals surface area contributed by atoms with Gasteiger partial charge in [-0.1, -0.05) is 20.3 Å². The van der Waals surface area contributed by atoms with Gasteiger partial charge in [-0.05, 0) is 12.1 Å². The van der Waals surface area contributed by atoms with Crippen molar-refractivity contribution in [3.8, 4) is 11.5 Å². The van der Waals surface area contributed by atoms with Gasteiger partial charge in [-0.25, -0.2) is 0 Å². The van der Waals surface area contributed by atoms with Crippen LogP contribution in [0.25, 0.3) is 11.5 Å². The maximum absolute atomic E-state index is 5.33. The molecular formula is C11H16N4O. The number of hydrogen-bond donors (Lipinski definition) is 1. The number of rotatable bonds is 2. The van der Waals surface area contributed by atoms with E-state index in [0.717, 1.165) is 5.56 Å². The second-order valence-corrected chi connectivity index (χ2v) is 3.15. The number of aromatic nitrogens is 3. The van der Waals surface area contributed by atoms with Crippen molar-refractivity contribution < 1.29 is 4.42 Å². The van der Waals surface area contributed by atoms with Gasteiger partial charge in [0.15, 0.2) is 0 Å². The molecule has 2 rings (SSSR count). The summed E-state index contributed by atoms with van der Waals surface area (Å²) in [4.78, 5) is 3.88. The third kappa shape index (κ3) is 3.43. The summed E-state index contributed by atoms with van der Waals surface area (Å²) in [6, 6.07) is 3.60. The highest BCUT2D eigenvalue weighted by atomic mass is 16.4. The molecule has 2 N–H and O–H groups in total. The lowest BCUT2D eigenvalue weighted by molar-refractivity contribution is 0.508. The quantitative estimate of drug-likeness (QED) is 0.837. The Kier molecular flexibility index (Phi) is 5.15. The van der Waals surface area contributed by atoms with Crippen molar-refractivity contribution in [1.29, 1.82) is 0 Å².